The van der Waals surface area contributed by atoms with Gasteiger partial charge < -0.3 is 15.4 Å². The Bertz CT molecular complexity index is 1040. The SMILES string of the molecule is COCC1CCC(Nc2cc(-c3cccc(NCc4cccc(F)c4)n3)c(Cl)cn2)CC1. The lowest BCUT2D eigenvalue weighted by Gasteiger charge is -2.29. The van der Waals surface area contributed by atoms with Gasteiger partial charge in [-0.15, -0.1) is 0 Å². The van der Waals surface area contributed by atoms with Gasteiger partial charge in [-0.05, 0) is 67.5 Å². The summed E-state index contributed by atoms with van der Waals surface area (Å²) in [5, 5.41) is 7.36. The van der Waals surface area contributed by atoms with Crippen molar-refractivity contribution >= 4 is 23.2 Å². The van der Waals surface area contributed by atoms with Gasteiger partial charge in [0, 0.05) is 38.1 Å². The average molecular weight is 455 g/mol. The molecule has 1 fully saturated rings. The van der Waals surface area contributed by atoms with Gasteiger partial charge in [0.2, 0.25) is 0 Å². The molecule has 32 heavy (non-hydrogen) atoms. The van der Waals surface area contributed by atoms with E-state index < -0.39 is 0 Å². The molecule has 0 atom stereocenters. The Morgan fingerprint density at radius 3 is 2.66 bits per heavy atom. The maximum atomic E-state index is 13.4. The lowest BCUT2D eigenvalue weighted by molar-refractivity contribution is 0.129. The number of nitrogens with one attached hydrogen (secondary N) is 2. The predicted octanol–water partition coefficient (Wildman–Crippen LogP) is 6.17. The molecule has 1 aliphatic rings. The van der Waals surface area contributed by atoms with Gasteiger partial charge in [0.25, 0.3) is 0 Å². The number of nitrogens with zero attached hydrogens (tertiary/aromatic N) is 2. The van der Waals surface area contributed by atoms with Gasteiger partial charge in [-0.2, -0.15) is 0 Å². The molecule has 0 aliphatic heterocycles. The first-order chi connectivity index (χ1) is 15.6. The molecule has 7 heteroatoms. The number of anilines is 2. The highest BCUT2D eigenvalue weighted by atomic mass is 35.5. The van der Waals surface area contributed by atoms with Crippen LogP contribution < -0.4 is 10.6 Å². The van der Waals surface area contributed by atoms with Crippen molar-refractivity contribution in [3.63, 3.8) is 0 Å². The molecule has 0 saturated heterocycles. The van der Waals surface area contributed by atoms with Crippen LogP contribution in [0.5, 0.6) is 0 Å². The molecule has 2 heterocycles. The normalized spacial score (nSPS) is 18.3. The van der Waals surface area contributed by atoms with E-state index in [1.165, 1.54) is 12.1 Å². The first-order valence-electron chi connectivity index (χ1n) is 11.0. The summed E-state index contributed by atoms with van der Waals surface area (Å²) in [7, 11) is 1.77. The highest BCUT2D eigenvalue weighted by Crippen LogP contribution is 2.31. The predicted molar refractivity (Wildman–Crippen MR) is 127 cm³/mol. The van der Waals surface area contributed by atoms with Gasteiger partial charge in [-0.25, -0.2) is 14.4 Å². The molecule has 2 N–H and O–H groups in total. The lowest BCUT2D eigenvalue weighted by Crippen LogP contribution is -2.28. The number of rotatable bonds is 8. The van der Waals surface area contributed by atoms with Gasteiger partial charge in [0.05, 0.1) is 10.7 Å². The van der Waals surface area contributed by atoms with Crippen LogP contribution in [0.25, 0.3) is 11.3 Å². The molecule has 1 aromatic carbocycles. The summed E-state index contributed by atoms with van der Waals surface area (Å²) in [5.74, 6) is 1.91. The number of aromatic nitrogens is 2. The molecule has 0 bridgehead atoms. The summed E-state index contributed by atoms with van der Waals surface area (Å²) in [5.41, 5.74) is 2.44. The Balaban J connectivity index is 1.43. The number of methoxy groups -OCH3 is 1. The first kappa shape index (κ1) is 22.5. The summed E-state index contributed by atoms with van der Waals surface area (Å²) in [6.07, 6.45) is 6.19. The van der Waals surface area contributed by atoms with E-state index in [0.29, 0.717) is 29.3 Å². The third kappa shape index (κ3) is 5.96. The molecule has 2 aromatic heterocycles. The molecular formula is C25H28ClFN4O. The van der Waals surface area contributed by atoms with E-state index in [1.807, 2.05) is 30.3 Å². The summed E-state index contributed by atoms with van der Waals surface area (Å²) in [6, 6.07) is 14.6. The Labute approximate surface area is 193 Å². The Hall–Kier alpha value is -2.70. The van der Waals surface area contributed by atoms with Gasteiger partial charge in [0.15, 0.2) is 0 Å². The van der Waals surface area contributed by atoms with Crippen molar-refractivity contribution < 1.29 is 9.13 Å². The second-order valence-electron chi connectivity index (χ2n) is 8.26. The van der Waals surface area contributed by atoms with Crippen molar-refractivity contribution in [2.75, 3.05) is 24.4 Å². The Morgan fingerprint density at radius 1 is 1.06 bits per heavy atom. The zero-order valence-corrected chi connectivity index (χ0v) is 18.9. The van der Waals surface area contributed by atoms with Crippen LogP contribution in [0.1, 0.15) is 31.2 Å². The fraction of sp³-hybridized carbons (Fsp3) is 0.360. The standard InChI is InChI=1S/C25H28ClFN4O/c1-32-16-17-8-10-20(11-9-17)30-25-13-21(22(26)15-29-25)23-6-3-7-24(31-23)28-14-18-4-2-5-19(27)12-18/h2-7,12-13,15,17,20H,8-11,14,16H2,1H3,(H,28,31)(H,29,30). The van der Waals surface area contributed by atoms with E-state index in [1.54, 1.807) is 19.4 Å². The van der Waals surface area contributed by atoms with Gasteiger partial charge in [0.1, 0.15) is 17.5 Å². The monoisotopic (exact) mass is 454 g/mol. The molecule has 5 nitrogen and oxygen atoms in total. The molecular weight excluding hydrogens is 427 g/mol. The quantitative estimate of drug-likeness (QED) is 0.426. The van der Waals surface area contributed by atoms with Crippen LogP contribution in [-0.2, 0) is 11.3 Å². The van der Waals surface area contributed by atoms with E-state index in [4.69, 9.17) is 21.3 Å². The molecule has 0 radical (unpaired) electrons. The number of hydrogen-bond donors (Lipinski definition) is 2. The van der Waals surface area contributed by atoms with E-state index in [-0.39, 0.29) is 5.82 Å². The van der Waals surface area contributed by atoms with E-state index in [9.17, 15) is 4.39 Å². The fourth-order valence-electron chi connectivity index (χ4n) is 4.15. The lowest BCUT2D eigenvalue weighted by atomic mass is 9.86. The Kier molecular flexibility index (Phi) is 7.55. The van der Waals surface area contributed by atoms with E-state index in [0.717, 1.165) is 54.9 Å². The largest absolute Gasteiger partial charge is 0.384 e. The van der Waals surface area contributed by atoms with E-state index in [2.05, 4.69) is 15.6 Å². The molecule has 0 spiro atoms. The van der Waals surface area contributed by atoms with Crippen molar-refractivity contribution in [2.45, 2.75) is 38.3 Å². The number of halogens is 2. The second-order valence-corrected chi connectivity index (χ2v) is 8.67. The number of benzene rings is 1. The van der Waals surface area contributed by atoms with Crippen LogP contribution in [0, 0.1) is 11.7 Å². The highest BCUT2D eigenvalue weighted by Gasteiger charge is 2.21. The van der Waals surface area contributed by atoms with Crippen molar-refractivity contribution in [3.8, 4) is 11.3 Å². The van der Waals surface area contributed by atoms with Gasteiger partial charge in [-0.1, -0.05) is 29.8 Å². The summed E-state index contributed by atoms with van der Waals surface area (Å²) in [6.45, 7) is 1.32. The number of hydrogen-bond acceptors (Lipinski definition) is 5. The maximum Gasteiger partial charge on any atom is 0.126 e. The van der Waals surface area contributed by atoms with Gasteiger partial charge in [-0.3, -0.25) is 0 Å². The van der Waals surface area contributed by atoms with E-state index >= 15 is 0 Å². The second kappa shape index (κ2) is 10.7. The molecule has 3 aromatic rings. The molecule has 0 amide bonds. The minimum absolute atomic E-state index is 0.248. The zero-order chi connectivity index (χ0) is 22.3. The topological polar surface area (TPSA) is 59.1 Å². The third-order valence-corrected chi connectivity index (χ3v) is 6.15. The molecule has 1 saturated carbocycles. The van der Waals surface area contributed by atoms with Crippen molar-refractivity contribution in [3.05, 3.63) is 71.1 Å². The van der Waals surface area contributed by atoms with Crippen molar-refractivity contribution in [1.29, 1.82) is 0 Å². The van der Waals surface area contributed by atoms with Crippen LogP contribution in [-0.4, -0.2) is 29.7 Å². The molecule has 1 aliphatic carbocycles. The van der Waals surface area contributed by atoms with Crippen LogP contribution in [0.3, 0.4) is 0 Å². The van der Waals surface area contributed by atoms with Crippen LogP contribution in [0.4, 0.5) is 16.0 Å². The third-order valence-electron chi connectivity index (χ3n) is 5.84. The summed E-state index contributed by atoms with van der Waals surface area (Å²) in [4.78, 5) is 9.17. The van der Waals surface area contributed by atoms with Crippen LogP contribution in [0.15, 0.2) is 54.7 Å². The number of ether oxygens (including phenoxy) is 1. The van der Waals surface area contributed by atoms with Crippen LogP contribution in [0.2, 0.25) is 5.02 Å². The molecule has 4 rings (SSSR count). The van der Waals surface area contributed by atoms with Gasteiger partial charge >= 0.3 is 0 Å². The first-order valence-corrected chi connectivity index (χ1v) is 11.4. The summed E-state index contributed by atoms with van der Waals surface area (Å²) < 4.78 is 18.7. The fourth-order valence-corrected chi connectivity index (χ4v) is 4.36. The maximum absolute atomic E-state index is 13.4. The Morgan fingerprint density at radius 2 is 1.88 bits per heavy atom. The van der Waals surface area contributed by atoms with Crippen LogP contribution >= 0.6 is 11.6 Å². The minimum atomic E-state index is -0.248. The molecule has 168 valence electrons. The minimum Gasteiger partial charge on any atom is -0.384 e. The van der Waals surface area contributed by atoms with Crippen molar-refractivity contribution in [2.24, 2.45) is 5.92 Å². The average Bonchev–Trinajstić information content (AvgIpc) is 2.81. The summed E-state index contributed by atoms with van der Waals surface area (Å²) >= 11 is 6.46. The molecule has 0 unspecified atom stereocenters. The smallest absolute Gasteiger partial charge is 0.126 e. The zero-order valence-electron chi connectivity index (χ0n) is 18.2. The highest BCUT2D eigenvalue weighted by molar-refractivity contribution is 6.33. The van der Waals surface area contributed by atoms with Crippen molar-refractivity contribution in [1.82, 2.24) is 9.97 Å². The number of pyridine rings is 2.